The molecule has 0 spiro atoms. The topological polar surface area (TPSA) is 38.8 Å². The Balaban J connectivity index is 1.31. The van der Waals surface area contributed by atoms with E-state index in [0.717, 1.165) is 25.7 Å². The van der Waals surface area contributed by atoms with E-state index in [1.165, 1.54) is 56.2 Å². The second kappa shape index (κ2) is 12.9. The Bertz CT molecular complexity index is 902. The number of methoxy groups -OCH3 is 1. The van der Waals surface area contributed by atoms with E-state index in [0.29, 0.717) is 31.1 Å². The fraction of sp³-hybridized carbons (Fsp3) is 0.500. The number of likely N-dealkylation sites (tertiary alicyclic amines) is 1. The standard InChI is InChI=1S/C30H39NO3/c1-33-30(32)14-8-3-2-7-13-27-28(31-21-9-10-22-31)19-20-29(27)34-23-24-15-17-26(18-16-24)25-11-5-4-6-12-25/h2-6,11-12,15-18,27-29H,7-10,13-14,19-23H2,1H3/b3-2+. The molecule has 182 valence electrons. The van der Waals surface area contributed by atoms with Gasteiger partial charge in [-0.1, -0.05) is 66.7 Å². The number of carbonyl (C=O) groups is 1. The summed E-state index contributed by atoms with van der Waals surface area (Å²) in [5.41, 5.74) is 3.74. The highest BCUT2D eigenvalue weighted by Crippen LogP contribution is 2.37. The molecule has 4 nitrogen and oxygen atoms in total. The molecule has 0 amide bonds. The van der Waals surface area contributed by atoms with Crippen molar-refractivity contribution in [2.24, 2.45) is 5.92 Å². The fourth-order valence-electron chi connectivity index (χ4n) is 5.58. The van der Waals surface area contributed by atoms with E-state index >= 15 is 0 Å². The molecule has 2 aromatic rings. The van der Waals surface area contributed by atoms with Crippen LogP contribution in [0.25, 0.3) is 11.1 Å². The van der Waals surface area contributed by atoms with Crippen LogP contribution in [0.5, 0.6) is 0 Å². The van der Waals surface area contributed by atoms with Crippen LogP contribution >= 0.6 is 0 Å². The van der Waals surface area contributed by atoms with Gasteiger partial charge in [-0.25, -0.2) is 0 Å². The summed E-state index contributed by atoms with van der Waals surface area (Å²) < 4.78 is 11.3. The van der Waals surface area contributed by atoms with Crippen LogP contribution in [0.2, 0.25) is 0 Å². The molecule has 3 atom stereocenters. The SMILES string of the molecule is COC(=O)CC/C=C/CCC1C(OCc2ccc(-c3ccccc3)cc2)CCC1N1CCCC1. The number of ether oxygens (including phenoxy) is 2. The number of hydrogen-bond donors (Lipinski definition) is 0. The maximum Gasteiger partial charge on any atom is 0.305 e. The fourth-order valence-corrected chi connectivity index (χ4v) is 5.58. The van der Waals surface area contributed by atoms with Crippen molar-refractivity contribution in [2.75, 3.05) is 20.2 Å². The minimum absolute atomic E-state index is 0.139. The van der Waals surface area contributed by atoms with Crippen molar-refractivity contribution >= 4 is 5.97 Å². The van der Waals surface area contributed by atoms with Crippen molar-refractivity contribution in [3.05, 3.63) is 72.3 Å². The Hall–Kier alpha value is -2.43. The van der Waals surface area contributed by atoms with Crippen molar-refractivity contribution in [2.45, 2.75) is 70.1 Å². The molecule has 0 radical (unpaired) electrons. The largest absolute Gasteiger partial charge is 0.469 e. The highest BCUT2D eigenvalue weighted by molar-refractivity contribution is 5.69. The lowest BCUT2D eigenvalue weighted by atomic mass is 9.94. The third kappa shape index (κ3) is 6.80. The summed E-state index contributed by atoms with van der Waals surface area (Å²) in [6.45, 7) is 3.16. The van der Waals surface area contributed by atoms with Gasteiger partial charge in [-0.05, 0) is 74.7 Å². The Morgan fingerprint density at radius 1 is 0.941 bits per heavy atom. The lowest BCUT2D eigenvalue weighted by Crippen LogP contribution is -2.38. The van der Waals surface area contributed by atoms with E-state index in [1.54, 1.807) is 0 Å². The van der Waals surface area contributed by atoms with Crippen LogP contribution in [-0.2, 0) is 20.9 Å². The molecule has 3 unspecified atom stereocenters. The number of esters is 1. The minimum Gasteiger partial charge on any atom is -0.469 e. The summed E-state index contributed by atoms with van der Waals surface area (Å²) in [6.07, 6.45) is 13.1. The molecule has 34 heavy (non-hydrogen) atoms. The van der Waals surface area contributed by atoms with Crippen molar-refractivity contribution in [1.82, 2.24) is 4.90 Å². The summed E-state index contributed by atoms with van der Waals surface area (Å²) in [6, 6.07) is 20.0. The van der Waals surface area contributed by atoms with Gasteiger partial charge < -0.3 is 14.4 Å². The van der Waals surface area contributed by atoms with Gasteiger partial charge >= 0.3 is 5.97 Å². The average molecular weight is 462 g/mol. The van der Waals surface area contributed by atoms with Gasteiger partial charge in [0.15, 0.2) is 0 Å². The first-order valence-corrected chi connectivity index (χ1v) is 13.0. The van der Waals surface area contributed by atoms with Crippen LogP contribution in [0, 0.1) is 5.92 Å². The molecule has 1 heterocycles. The molecule has 4 rings (SSSR count). The van der Waals surface area contributed by atoms with E-state index in [9.17, 15) is 4.79 Å². The normalized spacial score (nSPS) is 23.0. The first-order valence-electron chi connectivity index (χ1n) is 13.0. The van der Waals surface area contributed by atoms with Crippen LogP contribution in [0.3, 0.4) is 0 Å². The van der Waals surface area contributed by atoms with Crippen molar-refractivity contribution in [3.8, 4) is 11.1 Å². The number of benzene rings is 2. The van der Waals surface area contributed by atoms with E-state index < -0.39 is 0 Å². The van der Waals surface area contributed by atoms with E-state index in [1.807, 2.05) is 0 Å². The van der Waals surface area contributed by atoms with Gasteiger partial charge in [-0.3, -0.25) is 4.79 Å². The molecule has 2 fully saturated rings. The zero-order valence-corrected chi connectivity index (χ0v) is 20.5. The predicted molar refractivity (Wildman–Crippen MR) is 137 cm³/mol. The lowest BCUT2D eigenvalue weighted by molar-refractivity contribution is -0.140. The Kier molecular flexibility index (Phi) is 9.35. The summed E-state index contributed by atoms with van der Waals surface area (Å²) in [4.78, 5) is 14.0. The molecule has 0 bridgehead atoms. The van der Waals surface area contributed by atoms with Crippen LogP contribution in [0.15, 0.2) is 66.7 Å². The van der Waals surface area contributed by atoms with Crippen LogP contribution in [0.1, 0.15) is 56.9 Å². The first kappa shape index (κ1) is 24.7. The van der Waals surface area contributed by atoms with Gasteiger partial charge in [-0.2, -0.15) is 0 Å². The Morgan fingerprint density at radius 3 is 2.38 bits per heavy atom. The number of rotatable bonds is 11. The third-order valence-electron chi connectivity index (χ3n) is 7.43. The van der Waals surface area contributed by atoms with E-state index in [2.05, 4.69) is 71.6 Å². The smallest absolute Gasteiger partial charge is 0.305 e. The molecule has 0 N–H and O–H groups in total. The summed E-state index contributed by atoms with van der Waals surface area (Å²) in [5, 5.41) is 0. The lowest BCUT2D eigenvalue weighted by Gasteiger charge is -2.31. The summed E-state index contributed by atoms with van der Waals surface area (Å²) in [7, 11) is 1.45. The highest BCUT2D eigenvalue weighted by Gasteiger charge is 2.40. The zero-order valence-electron chi connectivity index (χ0n) is 20.5. The number of allylic oxidation sites excluding steroid dienone is 2. The first-order chi connectivity index (χ1) is 16.7. The molecule has 4 heteroatoms. The number of carbonyl (C=O) groups excluding carboxylic acids is 1. The van der Waals surface area contributed by atoms with Gasteiger partial charge in [0, 0.05) is 18.4 Å². The van der Waals surface area contributed by atoms with Crippen molar-refractivity contribution in [3.63, 3.8) is 0 Å². The van der Waals surface area contributed by atoms with Gasteiger partial charge in [0.1, 0.15) is 0 Å². The third-order valence-corrected chi connectivity index (χ3v) is 7.43. The number of hydrogen-bond acceptors (Lipinski definition) is 4. The molecular formula is C30H39NO3. The summed E-state index contributed by atoms with van der Waals surface area (Å²) >= 11 is 0. The second-order valence-corrected chi connectivity index (χ2v) is 9.63. The molecular weight excluding hydrogens is 422 g/mol. The number of nitrogens with zero attached hydrogens (tertiary/aromatic N) is 1. The van der Waals surface area contributed by atoms with Crippen LogP contribution < -0.4 is 0 Å². The van der Waals surface area contributed by atoms with Gasteiger partial charge in [-0.15, -0.1) is 0 Å². The molecule has 2 aromatic carbocycles. The second-order valence-electron chi connectivity index (χ2n) is 9.63. The molecule has 2 aliphatic rings. The zero-order chi connectivity index (χ0) is 23.6. The van der Waals surface area contributed by atoms with Gasteiger partial charge in [0.2, 0.25) is 0 Å². The highest BCUT2D eigenvalue weighted by atomic mass is 16.5. The van der Waals surface area contributed by atoms with Gasteiger partial charge in [0.25, 0.3) is 0 Å². The van der Waals surface area contributed by atoms with E-state index in [-0.39, 0.29) is 5.97 Å². The predicted octanol–water partition coefficient (Wildman–Crippen LogP) is 6.40. The monoisotopic (exact) mass is 461 g/mol. The molecule has 1 aliphatic heterocycles. The molecule has 1 saturated carbocycles. The van der Waals surface area contributed by atoms with Crippen molar-refractivity contribution in [1.29, 1.82) is 0 Å². The molecule has 0 aromatic heterocycles. The summed E-state index contributed by atoms with van der Waals surface area (Å²) in [5.74, 6) is 0.437. The van der Waals surface area contributed by atoms with Crippen molar-refractivity contribution < 1.29 is 14.3 Å². The van der Waals surface area contributed by atoms with Crippen LogP contribution in [-0.4, -0.2) is 43.2 Å². The van der Waals surface area contributed by atoms with Gasteiger partial charge in [0.05, 0.1) is 19.8 Å². The van der Waals surface area contributed by atoms with E-state index in [4.69, 9.17) is 9.47 Å². The molecule has 1 aliphatic carbocycles. The Morgan fingerprint density at radius 2 is 1.65 bits per heavy atom. The maximum atomic E-state index is 11.3. The van der Waals surface area contributed by atoms with Crippen LogP contribution in [0.4, 0.5) is 0 Å². The quantitative estimate of drug-likeness (QED) is 0.287. The minimum atomic E-state index is -0.139. The molecule has 1 saturated heterocycles. The average Bonchev–Trinajstić information content (AvgIpc) is 3.55. The maximum absolute atomic E-state index is 11.3. The Labute approximate surface area is 205 Å².